The van der Waals surface area contributed by atoms with Crippen molar-refractivity contribution in [3.8, 4) is 11.1 Å². The number of benzene rings is 1. The topological polar surface area (TPSA) is 61.4 Å². The molecule has 0 bridgehead atoms. The van der Waals surface area contributed by atoms with Crippen molar-refractivity contribution in [3.05, 3.63) is 64.6 Å². The maximum atomic E-state index is 13.4. The number of methoxy groups -OCH3 is 1. The van der Waals surface area contributed by atoms with Gasteiger partial charge in [0.1, 0.15) is 5.82 Å². The summed E-state index contributed by atoms with van der Waals surface area (Å²) < 4.78 is 22.1. The van der Waals surface area contributed by atoms with Crippen LogP contribution in [0.25, 0.3) is 27.7 Å². The molecule has 150 valence electrons. The summed E-state index contributed by atoms with van der Waals surface area (Å²) in [6, 6.07) is 8.11. The van der Waals surface area contributed by atoms with Crippen LogP contribution in [0.3, 0.4) is 0 Å². The van der Waals surface area contributed by atoms with Crippen molar-refractivity contribution in [3.63, 3.8) is 0 Å². The lowest BCUT2D eigenvalue weighted by molar-refractivity contribution is 0.181. The van der Waals surface area contributed by atoms with Gasteiger partial charge in [-0.2, -0.15) is 5.10 Å². The Morgan fingerprint density at radius 3 is 2.66 bits per heavy atom. The summed E-state index contributed by atoms with van der Waals surface area (Å²) in [5.74, 6) is -0.305. The number of aromatic nitrogens is 4. The third-order valence-electron chi connectivity index (χ3n) is 5.07. The Bertz CT molecular complexity index is 1210. The largest absolute Gasteiger partial charge is 0.378 e. The van der Waals surface area contributed by atoms with Gasteiger partial charge in [-0.3, -0.25) is 4.79 Å². The van der Waals surface area contributed by atoms with E-state index in [0.717, 1.165) is 30.4 Å². The molecule has 0 aliphatic rings. The fraction of sp³-hybridized carbons (Fsp3) is 0.318. The smallest absolute Gasteiger partial charge is 0.261 e. The molecule has 4 rings (SSSR count). The number of rotatable bonds is 7. The number of hydrogen-bond donors (Lipinski definition) is 0. The number of ether oxygens (including phenoxy) is 1. The summed E-state index contributed by atoms with van der Waals surface area (Å²) in [7, 11) is 1.60. The van der Waals surface area contributed by atoms with Crippen LogP contribution >= 0.6 is 0 Å². The molecule has 0 saturated carbocycles. The van der Waals surface area contributed by atoms with Gasteiger partial charge in [-0.05, 0) is 30.2 Å². The standard InChI is InChI=1S/C22H23FN4O2/c1-3-4-5-11-26-12-10-19-17(22(26)28)13-24-21-20(15-6-8-16(23)9-7-15)18(14-29-2)25-27(19)21/h6-10,12-13H,3-5,11,14H2,1-2H3. The van der Waals surface area contributed by atoms with Crippen molar-refractivity contribution >= 4 is 16.6 Å². The summed E-state index contributed by atoms with van der Waals surface area (Å²) in [6.07, 6.45) is 6.57. The number of nitrogens with zero attached hydrogens (tertiary/aromatic N) is 4. The molecular weight excluding hydrogens is 371 g/mol. The second-order valence-electron chi connectivity index (χ2n) is 7.08. The molecule has 0 atom stereocenters. The predicted octanol–water partition coefficient (Wildman–Crippen LogP) is 4.19. The fourth-order valence-corrected chi connectivity index (χ4v) is 3.61. The van der Waals surface area contributed by atoms with Crippen LogP contribution in [-0.4, -0.2) is 26.3 Å². The average Bonchev–Trinajstić information content (AvgIpc) is 3.09. The number of hydrogen-bond acceptors (Lipinski definition) is 4. The van der Waals surface area contributed by atoms with Gasteiger partial charge in [0.15, 0.2) is 5.65 Å². The number of halogens is 1. The molecule has 4 aromatic rings. The highest BCUT2D eigenvalue weighted by molar-refractivity contribution is 5.86. The van der Waals surface area contributed by atoms with Crippen LogP contribution in [0, 0.1) is 5.82 Å². The van der Waals surface area contributed by atoms with E-state index < -0.39 is 0 Å². The Kier molecular flexibility index (Phi) is 5.40. The van der Waals surface area contributed by atoms with Crippen LogP contribution in [0.1, 0.15) is 31.9 Å². The van der Waals surface area contributed by atoms with Crippen LogP contribution in [0.2, 0.25) is 0 Å². The van der Waals surface area contributed by atoms with Gasteiger partial charge in [0, 0.05) is 26.0 Å². The van der Waals surface area contributed by atoms with E-state index in [1.54, 1.807) is 34.5 Å². The Labute approximate surface area is 167 Å². The molecule has 6 nitrogen and oxygen atoms in total. The predicted molar refractivity (Wildman–Crippen MR) is 110 cm³/mol. The molecule has 0 unspecified atom stereocenters. The van der Waals surface area contributed by atoms with Gasteiger partial charge in [-0.1, -0.05) is 31.9 Å². The second-order valence-corrected chi connectivity index (χ2v) is 7.08. The zero-order valence-corrected chi connectivity index (χ0v) is 16.6. The van der Waals surface area contributed by atoms with Gasteiger partial charge < -0.3 is 9.30 Å². The molecule has 0 fully saturated rings. The van der Waals surface area contributed by atoms with Crippen molar-refractivity contribution in [2.75, 3.05) is 7.11 Å². The zero-order valence-electron chi connectivity index (χ0n) is 16.6. The Hall–Kier alpha value is -3.06. The SMILES string of the molecule is CCCCCn1ccc2c(cnc3c(-c4ccc(F)cc4)c(COC)nn32)c1=O. The molecule has 1 aromatic carbocycles. The normalized spacial score (nSPS) is 11.6. The van der Waals surface area contributed by atoms with E-state index in [2.05, 4.69) is 17.0 Å². The number of unbranched alkanes of at least 4 members (excludes halogenated alkanes) is 2. The monoisotopic (exact) mass is 394 g/mol. The summed E-state index contributed by atoms with van der Waals surface area (Å²) in [5, 5.41) is 5.18. The lowest BCUT2D eigenvalue weighted by atomic mass is 10.1. The molecule has 0 amide bonds. The Balaban J connectivity index is 1.90. The van der Waals surface area contributed by atoms with Crippen LogP contribution in [0.5, 0.6) is 0 Å². The molecule has 0 spiro atoms. The van der Waals surface area contributed by atoms with Crippen molar-refractivity contribution in [2.45, 2.75) is 39.3 Å². The molecule has 0 radical (unpaired) electrons. The molecular formula is C22H23FN4O2. The Morgan fingerprint density at radius 2 is 1.93 bits per heavy atom. The lowest BCUT2D eigenvalue weighted by Gasteiger charge is -2.08. The van der Waals surface area contributed by atoms with E-state index in [-0.39, 0.29) is 18.0 Å². The molecule has 29 heavy (non-hydrogen) atoms. The second kappa shape index (κ2) is 8.13. The van der Waals surface area contributed by atoms with Gasteiger partial charge in [0.25, 0.3) is 5.56 Å². The molecule has 0 saturated heterocycles. The van der Waals surface area contributed by atoms with E-state index >= 15 is 0 Å². The first kappa shape index (κ1) is 19.3. The maximum Gasteiger partial charge on any atom is 0.261 e. The molecule has 0 aliphatic heterocycles. The first-order valence-electron chi connectivity index (χ1n) is 9.78. The summed E-state index contributed by atoms with van der Waals surface area (Å²) in [5.41, 5.74) is 3.50. The van der Waals surface area contributed by atoms with Crippen LogP contribution in [0.4, 0.5) is 4.39 Å². The molecule has 7 heteroatoms. The minimum Gasteiger partial charge on any atom is -0.378 e. The third-order valence-corrected chi connectivity index (χ3v) is 5.07. The van der Waals surface area contributed by atoms with E-state index in [4.69, 9.17) is 4.74 Å². The summed E-state index contributed by atoms with van der Waals surface area (Å²) >= 11 is 0. The van der Waals surface area contributed by atoms with Gasteiger partial charge in [0.05, 0.1) is 28.8 Å². The molecule has 0 aliphatic carbocycles. The molecule has 3 heterocycles. The summed E-state index contributed by atoms with van der Waals surface area (Å²) in [4.78, 5) is 17.5. The van der Waals surface area contributed by atoms with Crippen LogP contribution in [-0.2, 0) is 17.9 Å². The zero-order chi connectivity index (χ0) is 20.4. The third kappa shape index (κ3) is 3.53. The quantitative estimate of drug-likeness (QED) is 0.441. The minimum absolute atomic E-state index is 0.0693. The maximum absolute atomic E-state index is 13.4. The van der Waals surface area contributed by atoms with E-state index in [1.165, 1.54) is 12.1 Å². The highest BCUT2D eigenvalue weighted by Gasteiger charge is 2.18. The van der Waals surface area contributed by atoms with E-state index in [0.29, 0.717) is 28.8 Å². The van der Waals surface area contributed by atoms with Gasteiger partial charge in [0.2, 0.25) is 0 Å². The highest BCUT2D eigenvalue weighted by Crippen LogP contribution is 2.29. The van der Waals surface area contributed by atoms with Crippen molar-refractivity contribution in [1.82, 2.24) is 19.2 Å². The lowest BCUT2D eigenvalue weighted by Crippen LogP contribution is -2.20. The van der Waals surface area contributed by atoms with Crippen molar-refractivity contribution in [1.29, 1.82) is 0 Å². The van der Waals surface area contributed by atoms with Crippen LogP contribution in [0.15, 0.2) is 47.5 Å². The van der Waals surface area contributed by atoms with E-state index in [9.17, 15) is 9.18 Å². The number of pyridine rings is 1. The first-order chi connectivity index (χ1) is 14.1. The number of fused-ring (bicyclic) bond motifs is 3. The van der Waals surface area contributed by atoms with Crippen molar-refractivity contribution < 1.29 is 9.13 Å². The fourth-order valence-electron chi connectivity index (χ4n) is 3.61. The highest BCUT2D eigenvalue weighted by atomic mass is 19.1. The van der Waals surface area contributed by atoms with Gasteiger partial charge in [-0.25, -0.2) is 13.9 Å². The minimum atomic E-state index is -0.305. The summed E-state index contributed by atoms with van der Waals surface area (Å²) in [6.45, 7) is 3.11. The molecule has 3 aromatic heterocycles. The number of aryl methyl sites for hydroxylation is 1. The molecule has 0 N–H and O–H groups in total. The van der Waals surface area contributed by atoms with E-state index in [1.807, 2.05) is 12.3 Å². The van der Waals surface area contributed by atoms with Crippen LogP contribution < -0.4 is 5.56 Å². The van der Waals surface area contributed by atoms with Gasteiger partial charge in [-0.15, -0.1) is 0 Å². The average molecular weight is 394 g/mol. The Morgan fingerprint density at radius 1 is 1.14 bits per heavy atom. The first-order valence-corrected chi connectivity index (χ1v) is 9.78. The van der Waals surface area contributed by atoms with Gasteiger partial charge >= 0.3 is 0 Å². The van der Waals surface area contributed by atoms with Crippen molar-refractivity contribution in [2.24, 2.45) is 0 Å².